The van der Waals surface area contributed by atoms with Crippen LogP contribution in [0.25, 0.3) is 0 Å². The second-order valence-corrected chi connectivity index (χ2v) is 5.06. The molecule has 2 rings (SSSR count). The van der Waals surface area contributed by atoms with Crippen molar-refractivity contribution >= 4 is 0 Å². The Bertz CT molecular complexity index is 615. The lowest BCUT2D eigenvalue weighted by Gasteiger charge is -2.23. The molecular formula is C17H20FNO2. The van der Waals surface area contributed by atoms with Crippen molar-refractivity contribution in [2.45, 2.75) is 25.9 Å². The van der Waals surface area contributed by atoms with Gasteiger partial charge in [-0.15, -0.1) is 0 Å². The van der Waals surface area contributed by atoms with Crippen molar-refractivity contribution in [2.75, 3.05) is 7.11 Å². The molecule has 3 nitrogen and oxygen atoms in total. The van der Waals surface area contributed by atoms with Gasteiger partial charge in [-0.05, 0) is 38.1 Å². The largest absolute Gasteiger partial charge is 0.508 e. The number of para-hydroxylation sites is 1. The Morgan fingerprint density at radius 3 is 2.43 bits per heavy atom. The Kier molecular flexibility index (Phi) is 4.81. The van der Waals surface area contributed by atoms with Crippen LogP contribution in [0.1, 0.15) is 37.1 Å². The standard InChI is InChI=1S/C17H20FNO2/c1-11(14-6-4-5-7-17(14)21-3)19-12(2)15-10-13(18)8-9-16(15)20/h4-12,19-20H,1-3H3/t11-,12?/m0/s1. The van der Waals surface area contributed by atoms with Gasteiger partial charge in [0.2, 0.25) is 0 Å². The van der Waals surface area contributed by atoms with Gasteiger partial charge in [-0.25, -0.2) is 4.39 Å². The van der Waals surface area contributed by atoms with Gasteiger partial charge in [0, 0.05) is 23.2 Å². The molecule has 4 heteroatoms. The fourth-order valence-corrected chi connectivity index (χ4v) is 2.45. The zero-order valence-electron chi connectivity index (χ0n) is 12.4. The molecule has 0 aliphatic carbocycles. The Labute approximate surface area is 124 Å². The van der Waals surface area contributed by atoms with E-state index in [1.807, 2.05) is 38.1 Å². The molecule has 0 saturated heterocycles. The summed E-state index contributed by atoms with van der Waals surface area (Å²) in [5.41, 5.74) is 1.56. The maximum absolute atomic E-state index is 13.3. The fourth-order valence-electron chi connectivity index (χ4n) is 2.45. The first-order valence-electron chi connectivity index (χ1n) is 6.90. The number of phenols is 1. The molecule has 21 heavy (non-hydrogen) atoms. The lowest BCUT2D eigenvalue weighted by atomic mass is 10.0. The van der Waals surface area contributed by atoms with Crippen LogP contribution >= 0.6 is 0 Å². The van der Waals surface area contributed by atoms with Crippen LogP contribution in [0.3, 0.4) is 0 Å². The highest BCUT2D eigenvalue weighted by atomic mass is 19.1. The zero-order chi connectivity index (χ0) is 15.4. The van der Waals surface area contributed by atoms with Crippen molar-refractivity contribution in [3.8, 4) is 11.5 Å². The van der Waals surface area contributed by atoms with E-state index in [4.69, 9.17) is 4.74 Å². The van der Waals surface area contributed by atoms with E-state index in [1.165, 1.54) is 18.2 Å². The first-order chi connectivity index (χ1) is 10.0. The molecule has 2 atom stereocenters. The molecule has 0 aromatic heterocycles. The maximum Gasteiger partial charge on any atom is 0.123 e. The highest BCUT2D eigenvalue weighted by Gasteiger charge is 2.17. The number of aromatic hydroxyl groups is 1. The van der Waals surface area contributed by atoms with Gasteiger partial charge in [-0.1, -0.05) is 18.2 Å². The molecule has 0 spiro atoms. The number of methoxy groups -OCH3 is 1. The van der Waals surface area contributed by atoms with Crippen molar-refractivity contribution in [3.05, 3.63) is 59.4 Å². The first kappa shape index (κ1) is 15.3. The summed E-state index contributed by atoms with van der Waals surface area (Å²) in [6.45, 7) is 3.89. The average Bonchev–Trinajstić information content (AvgIpc) is 2.49. The van der Waals surface area contributed by atoms with E-state index in [-0.39, 0.29) is 23.7 Å². The lowest BCUT2D eigenvalue weighted by molar-refractivity contribution is 0.393. The van der Waals surface area contributed by atoms with Crippen LogP contribution in [-0.4, -0.2) is 12.2 Å². The predicted octanol–water partition coefficient (Wildman–Crippen LogP) is 3.95. The molecule has 0 bridgehead atoms. The number of hydrogen-bond acceptors (Lipinski definition) is 3. The van der Waals surface area contributed by atoms with Crippen molar-refractivity contribution in [2.24, 2.45) is 0 Å². The zero-order valence-corrected chi connectivity index (χ0v) is 12.4. The van der Waals surface area contributed by atoms with Gasteiger partial charge in [0.1, 0.15) is 17.3 Å². The van der Waals surface area contributed by atoms with Crippen LogP contribution in [0.2, 0.25) is 0 Å². The molecule has 0 heterocycles. The Morgan fingerprint density at radius 2 is 1.71 bits per heavy atom. The Hall–Kier alpha value is -2.07. The summed E-state index contributed by atoms with van der Waals surface area (Å²) < 4.78 is 18.7. The van der Waals surface area contributed by atoms with Gasteiger partial charge in [-0.3, -0.25) is 0 Å². The van der Waals surface area contributed by atoms with Gasteiger partial charge in [0.25, 0.3) is 0 Å². The fraction of sp³-hybridized carbons (Fsp3) is 0.294. The number of rotatable bonds is 5. The third-order valence-corrected chi connectivity index (χ3v) is 3.56. The lowest BCUT2D eigenvalue weighted by Crippen LogP contribution is -2.23. The van der Waals surface area contributed by atoms with Gasteiger partial charge >= 0.3 is 0 Å². The van der Waals surface area contributed by atoms with Crippen molar-refractivity contribution in [1.29, 1.82) is 0 Å². The SMILES string of the molecule is COc1ccccc1[C@H](C)NC(C)c1cc(F)ccc1O. The number of phenolic OH excluding ortho intramolecular Hbond substituents is 1. The maximum atomic E-state index is 13.3. The molecule has 112 valence electrons. The minimum Gasteiger partial charge on any atom is -0.508 e. The number of ether oxygens (including phenoxy) is 1. The van der Waals surface area contributed by atoms with E-state index in [0.29, 0.717) is 5.56 Å². The Balaban J connectivity index is 2.18. The molecular weight excluding hydrogens is 269 g/mol. The molecule has 2 N–H and O–H groups in total. The van der Waals surface area contributed by atoms with Gasteiger partial charge in [0.15, 0.2) is 0 Å². The van der Waals surface area contributed by atoms with E-state index in [2.05, 4.69) is 5.32 Å². The molecule has 0 saturated carbocycles. The summed E-state index contributed by atoms with van der Waals surface area (Å²) in [6.07, 6.45) is 0. The highest BCUT2D eigenvalue weighted by molar-refractivity contribution is 5.37. The molecule has 1 unspecified atom stereocenters. The summed E-state index contributed by atoms with van der Waals surface area (Å²) in [5.74, 6) is 0.526. The molecule has 0 aliphatic heterocycles. The monoisotopic (exact) mass is 289 g/mol. The van der Waals surface area contributed by atoms with Crippen molar-refractivity contribution in [3.63, 3.8) is 0 Å². The molecule has 0 radical (unpaired) electrons. The first-order valence-corrected chi connectivity index (χ1v) is 6.90. The van der Waals surface area contributed by atoms with E-state index in [9.17, 15) is 9.50 Å². The van der Waals surface area contributed by atoms with Gasteiger partial charge in [-0.2, -0.15) is 0 Å². The average molecular weight is 289 g/mol. The number of nitrogens with one attached hydrogen (secondary N) is 1. The minimum atomic E-state index is -0.360. The van der Waals surface area contributed by atoms with Crippen LogP contribution in [-0.2, 0) is 0 Å². The van der Waals surface area contributed by atoms with Crippen LogP contribution in [0.5, 0.6) is 11.5 Å². The molecule has 2 aromatic rings. The van der Waals surface area contributed by atoms with E-state index in [0.717, 1.165) is 11.3 Å². The van der Waals surface area contributed by atoms with Crippen molar-refractivity contribution < 1.29 is 14.2 Å². The molecule has 2 aromatic carbocycles. The second-order valence-electron chi connectivity index (χ2n) is 5.06. The Morgan fingerprint density at radius 1 is 1.05 bits per heavy atom. The highest BCUT2D eigenvalue weighted by Crippen LogP contribution is 2.29. The summed E-state index contributed by atoms with van der Waals surface area (Å²) >= 11 is 0. The van der Waals surface area contributed by atoms with Crippen LogP contribution in [0, 0.1) is 5.82 Å². The third-order valence-electron chi connectivity index (χ3n) is 3.56. The molecule has 0 aliphatic rings. The summed E-state index contributed by atoms with van der Waals surface area (Å²) in [4.78, 5) is 0. The number of benzene rings is 2. The van der Waals surface area contributed by atoms with Crippen molar-refractivity contribution in [1.82, 2.24) is 5.32 Å². The summed E-state index contributed by atoms with van der Waals surface area (Å²) in [5, 5.41) is 13.2. The topological polar surface area (TPSA) is 41.5 Å². The molecule has 0 amide bonds. The summed E-state index contributed by atoms with van der Waals surface area (Å²) in [7, 11) is 1.63. The predicted molar refractivity (Wildman–Crippen MR) is 81.0 cm³/mol. The molecule has 0 fully saturated rings. The smallest absolute Gasteiger partial charge is 0.123 e. The van der Waals surface area contributed by atoms with E-state index >= 15 is 0 Å². The van der Waals surface area contributed by atoms with Gasteiger partial charge in [0.05, 0.1) is 7.11 Å². The third kappa shape index (κ3) is 3.52. The van der Waals surface area contributed by atoms with Crippen LogP contribution < -0.4 is 10.1 Å². The minimum absolute atomic E-state index is 0.00110. The summed E-state index contributed by atoms with van der Waals surface area (Å²) in [6, 6.07) is 11.5. The van der Waals surface area contributed by atoms with Crippen LogP contribution in [0.15, 0.2) is 42.5 Å². The normalized spacial score (nSPS) is 13.7. The van der Waals surface area contributed by atoms with Gasteiger partial charge < -0.3 is 15.2 Å². The van der Waals surface area contributed by atoms with E-state index in [1.54, 1.807) is 7.11 Å². The second kappa shape index (κ2) is 6.59. The quantitative estimate of drug-likeness (QED) is 0.875. The van der Waals surface area contributed by atoms with E-state index < -0.39 is 0 Å². The number of hydrogen-bond donors (Lipinski definition) is 2. The number of halogens is 1. The van der Waals surface area contributed by atoms with Crippen LogP contribution in [0.4, 0.5) is 4.39 Å².